The minimum absolute atomic E-state index is 0.00664. The van der Waals surface area contributed by atoms with E-state index in [2.05, 4.69) is 12.2 Å². The van der Waals surface area contributed by atoms with Crippen molar-refractivity contribution >= 4 is 29.2 Å². The maximum atomic E-state index is 12.4. The standard InChI is InChI=1S/C42H77NO10/c1-4-5-6-7-8-9-10-11-12-13-14-15-16-17-18-19-20-22-38(44)33-37(42(48)49)24-25-41(47)43-26-28-51-30-31-52-34-39(45)23-21-27-50-29-32-53-35-40(46)36(2)3/h36-37H,4-35H2,1-3H3,(H,43,47)(H,48,49)/t37-/m1/s1. The molecular weight excluding hydrogens is 678 g/mol. The van der Waals surface area contributed by atoms with Crippen LogP contribution in [0.15, 0.2) is 0 Å². The monoisotopic (exact) mass is 756 g/mol. The summed E-state index contributed by atoms with van der Waals surface area (Å²) in [7, 11) is 0. The smallest absolute Gasteiger partial charge is 0.306 e. The van der Waals surface area contributed by atoms with Crippen molar-refractivity contribution in [3.05, 3.63) is 0 Å². The summed E-state index contributed by atoms with van der Waals surface area (Å²) in [4.78, 5) is 59.7. The third-order valence-electron chi connectivity index (χ3n) is 9.31. The second-order valence-corrected chi connectivity index (χ2v) is 14.7. The third kappa shape index (κ3) is 36.5. The summed E-state index contributed by atoms with van der Waals surface area (Å²) < 4.78 is 21.4. The molecule has 0 aliphatic carbocycles. The lowest BCUT2D eigenvalue weighted by molar-refractivity contribution is -0.144. The Morgan fingerprint density at radius 2 is 1.00 bits per heavy atom. The van der Waals surface area contributed by atoms with E-state index in [-0.39, 0.29) is 88.0 Å². The molecule has 0 aromatic rings. The van der Waals surface area contributed by atoms with Gasteiger partial charge in [0.1, 0.15) is 19.0 Å². The molecule has 0 rings (SSSR count). The number of hydrogen-bond acceptors (Lipinski definition) is 9. The van der Waals surface area contributed by atoms with Crippen molar-refractivity contribution in [2.45, 2.75) is 168 Å². The van der Waals surface area contributed by atoms with Crippen LogP contribution in [0.5, 0.6) is 0 Å². The van der Waals surface area contributed by atoms with E-state index in [9.17, 15) is 29.1 Å². The van der Waals surface area contributed by atoms with Crippen LogP contribution >= 0.6 is 0 Å². The number of carboxylic acid groups (broad SMARTS) is 1. The lowest BCUT2D eigenvalue weighted by Crippen LogP contribution is -2.29. The minimum Gasteiger partial charge on any atom is -0.481 e. The van der Waals surface area contributed by atoms with Gasteiger partial charge in [0, 0.05) is 44.8 Å². The zero-order chi connectivity index (χ0) is 39.2. The Balaban J connectivity index is 3.65. The number of aliphatic carboxylic acids is 1. The van der Waals surface area contributed by atoms with Crippen molar-refractivity contribution in [3.63, 3.8) is 0 Å². The van der Waals surface area contributed by atoms with E-state index < -0.39 is 11.9 Å². The van der Waals surface area contributed by atoms with Gasteiger partial charge in [-0.05, 0) is 19.3 Å². The fourth-order valence-corrected chi connectivity index (χ4v) is 5.80. The van der Waals surface area contributed by atoms with Gasteiger partial charge in [0.2, 0.25) is 5.91 Å². The molecule has 0 aromatic heterocycles. The van der Waals surface area contributed by atoms with Crippen LogP contribution in [0.3, 0.4) is 0 Å². The number of ether oxygens (including phenoxy) is 4. The summed E-state index contributed by atoms with van der Waals surface area (Å²) >= 11 is 0. The van der Waals surface area contributed by atoms with Gasteiger partial charge in [0.15, 0.2) is 11.6 Å². The molecule has 11 nitrogen and oxygen atoms in total. The molecule has 0 bridgehead atoms. The second kappa shape index (κ2) is 38.1. The number of carbonyl (C=O) groups is 5. The van der Waals surface area contributed by atoms with Crippen LogP contribution in [-0.4, -0.2) is 93.7 Å². The Kier molecular flexibility index (Phi) is 36.5. The van der Waals surface area contributed by atoms with Gasteiger partial charge < -0.3 is 29.4 Å². The topological polar surface area (TPSA) is 155 Å². The maximum absolute atomic E-state index is 12.4. The first-order valence-corrected chi connectivity index (χ1v) is 21.0. The number of nitrogens with one attached hydrogen (secondary N) is 1. The summed E-state index contributed by atoms with van der Waals surface area (Å²) in [6.07, 6.45) is 23.2. The van der Waals surface area contributed by atoms with Gasteiger partial charge in [-0.15, -0.1) is 0 Å². The van der Waals surface area contributed by atoms with Gasteiger partial charge in [0.25, 0.3) is 0 Å². The highest BCUT2D eigenvalue weighted by Gasteiger charge is 2.22. The molecule has 0 fully saturated rings. The second-order valence-electron chi connectivity index (χ2n) is 14.7. The van der Waals surface area contributed by atoms with E-state index in [1.54, 1.807) is 0 Å². The highest BCUT2D eigenvalue weighted by molar-refractivity contribution is 5.84. The van der Waals surface area contributed by atoms with Gasteiger partial charge >= 0.3 is 5.97 Å². The summed E-state index contributed by atoms with van der Waals surface area (Å²) in [5.74, 6) is -2.23. The van der Waals surface area contributed by atoms with Gasteiger partial charge in [-0.3, -0.25) is 24.0 Å². The fraction of sp³-hybridized carbons (Fsp3) is 0.881. The number of rotatable bonds is 42. The number of carboxylic acids is 1. The zero-order valence-corrected chi connectivity index (χ0v) is 33.9. The zero-order valence-electron chi connectivity index (χ0n) is 33.9. The highest BCUT2D eigenvalue weighted by atomic mass is 16.5. The number of unbranched alkanes of at least 4 members (excludes halogenated alkanes) is 16. The predicted octanol–water partition coefficient (Wildman–Crippen LogP) is 8.23. The number of carbonyl (C=O) groups excluding carboxylic acids is 4. The molecule has 0 saturated carbocycles. The Labute approximate surface area is 321 Å². The Morgan fingerprint density at radius 1 is 0.528 bits per heavy atom. The van der Waals surface area contributed by atoms with Gasteiger partial charge in [-0.25, -0.2) is 0 Å². The molecule has 0 heterocycles. The van der Waals surface area contributed by atoms with E-state index in [1.165, 1.54) is 89.9 Å². The van der Waals surface area contributed by atoms with Crippen LogP contribution in [-0.2, 0) is 42.9 Å². The molecule has 1 atom stereocenters. The molecule has 0 radical (unpaired) electrons. The van der Waals surface area contributed by atoms with Crippen LogP contribution < -0.4 is 5.32 Å². The lowest BCUT2D eigenvalue weighted by Gasteiger charge is -2.12. The first kappa shape index (κ1) is 50.8. The SMILES string of the molecule is CCCCCCCCCCCCCCCCCCCC(=O)C[C@@H](CCC(=O)NCCOCCOCC(=O)CCCOCCOCC(=O)C(C)C)C(=O)O. The minimum atomic E-state index is -1.04. The average Bonchev–Trinajstić information content (AvgIpc) is 3.13. The summed E-state index contributed by atoms with van der Waals surface area (Å²) in [5, 5.41) is 12.3. The van der Waals surface area contributed by atoms with Gasteiger partial charge in [0.05, 0.1) is 39.0 Å². The predicted molar refractivity (Wildman–Crippen MR) is 209 cm³/mol. The Morgan fingerprint density at radius 3 is 1.53 bits per heavy atom. The van der Waals surface area contributed by atoms with Crippen LogP contribution in [0.4, 0.5) is 0 Å². The summed E-state index contributed by atoms with van der Waals surface area (Å²) in [6.45, 7) is 8.19. The van der Waals surface area contributed by atoms with Gasteiger partial charge in [-0.2, -0.15) is 0 Å². The van der Waals surface area contributed by atoms with Crippen molar-refractivity contribution in [3.8, 4) is 0 Å². The molecular formula is C42H77NO10. The fourth-order valence-electron chi connectivity index (χ4n) is 5.80. The lowest BCUT2D eigenvalue weighted by atomic mass is 9.94. The summed E-state index contributed by atoms with van der Waals surface area (Å²) in [6, 6.07) is 0. The van der Waals surface area contributed by atoms with E-state index in [1.807, 2.05) is 13.8 Å². The Bertz CT molecular complexity index is 926. The largest absolute Gasteiger partial charge is 0.481 e. The molecule has 0 aliphatic heterocycles. The molecule has 0 unspecified atom stereocenters. The average molecular weight is 756 g/mol. The van der Waals surface area contributed by atoms with Crippen LogP contribution in [0.2, 0.25) is 0 Å². The van der Waals surface area contributed by atoms with Crippen molar-refractivity contribution in [1.82, 2.24) is 5.32 Å². The molecule has 0 saturated heterocycles. The molecule has 2 N–H and O–H groups in total. The van der Waals surface area contributed by atoms with Crippen LogP contribution in [0.25, 0.3) is 0 Å². The van der Waals surface area contributed by atoms with Gasteiger partial charge in [-0.1, -0.05) is 124 Å². The number of Topliss-reactive ketones (excluding diaryl/α,β-unsaturated/α-hetero) is 3. The maximum Gasteiger partial charge on any atom is 0.306 e. The molecule has 310 valence electrons. The van der Waals surface area contributed by atoms with E-state index in [0.717, 1.165) is 19.3 Å². The van der Waals surface area contributed by atoms with Crippen molar-refractivity contribution in [2.24, 2.45) is 11.8 Å². The van der Waals surface area contributed by atoms with Crippen LogP contribution in [0, 0.1) is 11.8 Å². The number of amides is 1. The number of ketones is 3. The first-order chi connectivity index (χ1) is 25.7. The van der Waals surface area contributed by atoms with E-state index >= 15 is 0 Å². The first-order valence-electron chi connectivity index (χ1n) is 21.0. The third-order valence-corrected chi connectivity index (χ3v) is 9.31. The molecule has 0 spiro atoms. The van der Waals surface area contributed by atoms with E-state index in [0.29, 0.717) is 39.1 Å². The number of hydrogen-bond donors (Lipinski definition) is 2. The Hall–Kier alpha value is -2.21. The quantitative estimate of drug-likeness (QED) is 0.0583. The van der Waals surface area contributed by atoms with Crippen molar-refractivity contribution in [2.75, 3.05) is 59.4 Å². The molecule has 53 heavy (non-hydrogen) atoms. The van der Waals surface area contributed by atoms with Crippen LogP contribution in [0.1, 0.15) is 168 Å². The molecule has 1 amide bonds. The molecule has 0 aliphatic rings. The van der Waals surface area contributed by atoms with E-state index in [4.69, 9.17) is 18.9 Å². The molecule has 0 aromatic carbocycles. The summed E-state index contributed by atoms with van der Waals surface area (Å²) in [5.41, 5.74) is 0. The normalized spacial score (nSPS) is 11.9. The van der Waals surface area contributed by atoms with Crippen molar-refractivity contribution < 1.29 is 48.0 Å². The van der Waals surface area contributed by atoms with Crippen molar-refractivity contribution in [1.29, 1.82) is 0 Å². The highest BCUT2D eigenvalue weighted by Crippen LogP contribution is 2.17. The molecule has 11 heteroatoms.